The Labute approximate surface area is 197 Å². The standard InChI is InChI=1S/C30H59N/c1-3-5-7-9-11-13-15-17-19-21-23-25-27-29-31-30-28-26-24-22-20-18-16-14-12-10-8-6-4-2/h11-14,31H,3-10,15-30H2,1-2H3. The summed E-state index contributed by atoms with van der Waals surface area (Å²) < 4.78 is 0. The van der Waals surface area contributed by atoms with Crippen LogP contribution in [0.4, 0.5) is 0 Å². The molecule has 0 aromatic heterocycles. The molecular formula is C30H59N. The summed E-state index contributed by atoms with van der Waals surface area (Å²) in [6, 6.07) is 0. The van der Waals surface area contributed by atoms with Crippen LogP contribution in [0.3, 0.4) is 0 Å². The Morgan fingerprint density at radius 3 is 1.00 bits per heavy atom. The smallest absolute Gasteiger partial charge is 0.00489 e. The van der Waals surface area contributed by atoms with Crippen LogP contribution in [0.2, 0.25) is 0 Å². The number of hydrogen-bond donors (Lipinski definition) is 1. The first-order chi connectivity index (χ1) is 15.4. The van der Waals surface area contributed by atoms with Gasteiger partial charge in [-0.3, -0.25) is 0 Å². The van der Waals surface area contributed by atoms with Crippen LogP contribution < -0.4 is 5.32 Å². The van der Waals surface area contributed by atoms with Gasteiger partial charge in [-0.25, -0.2) is 0 Å². The van der Waals surface area contributed by atoms with Crippen molar-refractivity contribution in [2.24, 2.45) is 0 Å². The molecule has 0 saturated carbocycles. The average Bonchev–Trinajstić information content (AvgIpc) is 2.78. The van der Waals surface area contributed by atoms with Crippen LogP contribution in [0.5, 0.6) is 0 Å². The molecule has 1 nitrogen and oxygen atoms in total. The van der Waals surface area contributed by atoms with Crippen LogP contribution in [-0.4, -0.2) is 13.1 Å². The fourth-order valence-electron chi connectivity index (χ4n) is 4.06. The molecule has 0 spiro atoms. The van der Waals surface area contributed by atoms with E-state index in [1.165, 1.54) is 154 Å². The number of allylic oxidation sites excluding steroid dienone is 4. The molecule has 0 fully saturated rings. The van der Waals surface area contributed by atoms with Crippen molar-refractivity contribution in [1.82, 2.24) is 5.32 Å². The summed E-state index contributed by atoms with van der Waals surface area (Å²) in [5, 5.41) is 3.65. The summed E-state index contributed by atoms with van der Waals surface area (Å²) >= 11 is 0. The molecule has 0 aliphatic carbocycles. The molecule has 0 atom stereocenters. The molecule has 0 heterocycles. The van der Waals surface area contributed by atoms with E-state index in [0.29, 0.717) is 0 Å². The first-order valence-electron chi connectivity index (χ1n) is 14.4. The molecule has 0 aromatic rings. The van der Waals surface area contributed by atoms with E-state index < -0.39 is 0 Å². The minimum Gasteiger partial charge on any atom is -0.317 e. The van der Waals surface area contributed by atoms with Crippen molar-refractivity contribution < 1.29 is 0 Å². The van der Waals surface area contributed by atoms with Crippen LogP contribution in [-0.2, 0) is 0 Å². The maximum Gasteiger partial charge on any atom is -0.00489 e. The van der Waals surface area contributed by atoms with E-state index in [1.54, 1.807) is 0 Å². The van der Waals surface area contributed by atoms with Gasteiger partial charge in [0.05, 0.1) is 0 Å². The molecule has 0 aromatic carbocycles. The predicted molar refractivity (Wildman–Crippen MR) is 144 cm³/mol. The van der Waals surface area contributed by atoms with Crippen molar-refractivity contribution in [3.8, 4) is 0 Å². The third kappa shape index (κ3) is 29.4. The molecule has 184 valence electrons. The average molecular weight is 434 g/mol. The highest BCUT2D eigenvalue weighted by Crippen LogP contribution is 2.09. The second-order valence-electron chi connectivity index (χ2n) is 9.50. The molecule has 0 aliphatic rings. The molecule has 0 saturated heterocycles. The number of rotatable bonds is 26. The summed E-state index contributed by atoms with van der Waals surface area (Å²) in [6.45, 7) is 7.01. The fraction of sp³-hybridized carbons (Fsp3) is 0.867. The Balaban J connectivity index is 3.06. The van der Waals surface area contributed by atoms with Crippen molar-refractivity contribution in [3.63, 3.8) is 0 Å². The number of unbranched alkanes of at least 4 members (excludes halogenated alkanes) is 18. The monoisotopic (exact) mass is 433 g/mol. The minimum atomic E-state index is 1.23. The molecular weight excluding hydrogens is 374 g/mol. The van der Waals surface area contributed by atoms with Gasteiger partial charge in [0.2, 0.25) is 0 Å². The lowest BCUT2D eigenvalue weighted by molar-refractivity contribution is 0.539. The van der Waals surface area contributed by atoms with E-state index in [4.69, 9.17) is 0 Å². The Hall–Kier alpha value is -0.560. The van der Waals surface area contributed by atoms with Crippen LogP contribution in [0.25, 0.3) is 0 Å². The van der Waals surface area contributed by atoms with Gasteiger partial charge < -0.3 is 5.32 Å². The number of hydrogen-bond acceptors (Lipinski definition) is 1. The van der Waals surface area contributed by atoms with E-state index in [2.05, 4.69) is 43.5 Å². The van der Waals surface area contributed by atoms with Gasteiger partial charge in [-0.15, -0.1) is 0 Å². The van der Waals surface area contributed by atoms with Gasteiger partial charge in [0.1, 0.15) is 0 Å². The second-order valence-corrected chi connectivity index (χ2v) is 9.50. The van der Waals surface area contributed by atoms with E-state index in [0.717, 1.165) is 0 Å². The lowest BCUT2D eigenvalue weighted by Gasteiger charge is -2.05. The normalized spacial score (nSPS) is 11.9. The third-order valence-corrected chi connectivity index (χ3v) is 6.23. The van der Waals surface area contributed by atoms with Crippen LogP contribution in [0, 0.1) is 0 Å². The summed E-state index contributed by atoms with van der Waals surface area (Å²) in [5.41, 5.74) is 0. The Morgan fingerprint density at radius 2 is 0.645 bits per heavy atom. The second kappa shape index (κ2) is 29.4. The van der Waals surface area contributed by atoms with Crippen molar-refractivity contribution in [2.45, 2.75) is 155 Å². The summed E-state index contributed by atoms with van der Waals surface area (Å²) in [7, 11) is 0. The van der Waals surface area contributed by atoms with Gasteiger partial charge in [0.25, 0.3) is 0 Å². The topological polar surface area (TPSA) is 12.0 Å². The Kier molecular flexibility index (Phi) is 28.9. The van der Waals surface area contributed by atoms with Crippen molar-refractivity contribution >= 4 is 0 Å². The fourth-order valence-corrected chi connectivity index (χ4v) is 4.06. The summed E-state index contributed by atoms with van der Waals surface area (Å²) in [6.07, 6.45) is 39.8. The Bertz CT molecular complexity index is 323. The maximum absolute atomic E-state index is 3.65. The summed E-state index contributed by atoms with van der Waals surface area (Å²) in [5.74, 6) is 0. The first-order valence-corrected chi connectivity index (χ1v) is 14.4. The molecule has 0 aliphatic heterocycles. The van der Waals surface area contributed by atoms with Gasteiger partial charge in [-0.2, -0.15) is 0 Å². The molecule has 0 radical (unpaired) electrons. The third-order valence-electron chi connectivity index (χ3n) is 6.23. The van der Waals surface area contributed by atoms with Crippen molar-refractivity contribution in [3.05, 3.63) is 24.3 Å². The van der Waals surface area contributed by atoms with E-state index in [-0.39, 0.29) is 0 Å². The maximum atomic E-state index is 3.65. The van der Waals surface area contributed by atoms with Gasteiger partial charge in [0, 0.05) is 0 Å². The molecule has 0 amide bonds. The van der Waals surface area contributed by atoms with Crippen LogP contribution >= 0.6 is 0 Å². The van der Waals surface area contributed by atoms with Gasteiger partial charge in [0.15, 0.2) is 0 Å². The van der Waals surface area contributed by atoms with Gasteiger partial charge >= 0.3 is 0 Å². The van der Waals surface area contributed by atoms with E-state index in [9.17, 15) is 0 Å². The van der Waals surface area contributed by atoms with Gasteiger partial charge in [-0.1, -0.05) is 115 Å². The lowest BCUT2D eigenvalue weighted by atomic mass is 10.1. The highest BCUT2D eigenvalue weighted by molar-refractivity contribution is 4.81. The Morgan fingerprint density at radius 1 is 0.355 bits per heavy atom. The zero-order valence-electron chi connectivity index (χ0n) is 21.8. The highest BCUT2D eigenvalue weighted by Gasteiger charge is 1.94. The van der Waals surface area contributed by atoms with Crippen molar-refractivity contribution in [1.29, 1.82) is 0 Å². The number of nitrogens with one attached hydrogen (secondary N) is 1. The largest absolute Gasteiger partial charge is 0.317 e. The molecule has 0 unspecified atom stereocenters. The van der Waals surface area contributed by atoms with E-state index in [1.807, 2.05) is 0 Å². The zero-order chi connectivity index (χ0) is 22.5. The predicted octanol–water partition coefficient (Wildman–Crippen LogP) is 10.3. The molecule has 1 heteroatoms. The van der Waals surface area contributed by atoms with Crippen LogP contribution in [0.15, 0.2) is 24.3 Å². The highest BCUT2D eigenvalue weighted by atomic mass is 14.8. The quantitative estimate of drug-likeness (QED) is 0.106. The minimum absolute atomic E-state index is 1.23. The van der Waals surface area contributed by atoms with E-state index >= 15 is 0 Å². The molecule has 1 N–H and O–H groups in total. The lowest BCUT2D eigenvalue weighted by Crippen LogP contribution is -2.16. The SMILES string of the molecule is CCCCCC=CCCCCCCCCNCCCCCCCCC=CCCCCC. The van der Waals surface area contributed by atoms with Crippen molar-refractivity contribution in [2.75, 3.05) is 13.1 Å². The summed E-state index contributed by atoms with van der Waals surface area (Å²) in [4.78, 5) is 0. The molecule has 31 heavy (non-hydrogen) atoms. The molecule has 0 bridgehead atoms. The van der Waals surface area contributed by atoms with Gasteiger partial charge in [-0.05, 0) is 77.3 Å². The van der Waals surface area contributed by atoms with Crippen LogP contribution in [0.1, 0.15) is 155 Å². The zero-order valence-corrected chi connectivity index (χ0v) is 21.8. The molecule has 0 rings (SSSR count). The first kappa shape index (κ1) is 30.4.